The van der Waals surface area contributed by atoms with Crippen LogP contribution in [0.3, 0.4) is 0 Å². The molecule has 2 fully saturated rings. The van der Waals surface area contributed by atoms with Crippen LogP contribution in [0.2, 0.25) is 0 Å². The Morgan fingerprint density at radius 1 is 0.305 bits per heavy atom. The maximum atomic E-state index is 7.53. The first-order chi connectivity index (χ1) is 40.2. The van der Waals surface area contributed by atoms with Gasteiger partial charge in [-0.2, -0.15) is 0 Å². The first-order valence-electron chi connectivity index (χ1n) is 30.4. The smallest absolute Gasteiger partial charge is 0.159 e. The molecule has 0 radical (unpaired) electrons. The number of fused-ring (bicyclic) bond motifs is 10. The van der Waals surface area contributed by atoms with Gasteiger partial charge in [-0.15, -0.1) is 0 Å². The average molecular weight is 1070 g/mol. The number of rotatable bonds is 8. The highest BCUT2D eigenvalue weighted by Gasteiger charge is 2.31. The maximum absolute atomic E-state index is 7.53. The number of nitrogens with zero attached hydrogens (tertiary/aromatic N) is 2. The molecule has 402 valence electrons. The van der Waals surface area contributed by atoms with Gasteiger partial charge in [-0.3, -0.25) is 0 Å². The molecule has 82 heavy (non-hydrogen) atoms. The molecule has 2 saturated carbocycles. The topological polar surface area (TPSA) is 32.8 Å². The van der Waals surface area contributed by atoms with Gasteiger partial charge in [0.1, 0.15) is 11.2 Å². The van der Waals surface area contributed by atoms with Crippen molar-refractivity contribution in [3.05, 3.63) is 214 Å². The molecule has 12 aromatic carbocycles. The lowest BCUT2D eigenvalue weighted by atomic mass is 9.82. The Balaban J connectivity index is 0.958. The van der Waals surface area contributed by atoms with E-state index in [1.54, 1.807) is 0 Å². The minimum absolute atomic E-state index is 0.478. The summed E-state index contributed by atoms with van der Waals surface area (Å²) < 4.78 is 15.1. The van der Waals surface area contributed by atoms with E-state index < -0.39 is 0 Å². The van der Waals surface area contributed by atoms with E-state index in [0.29, 0.717) is 11.8 Å². The molecule has 0 bridgehead atoms. The molecular weight excluding hydrogens is 997 g/mol. The molecular formula is C78H68N2O2. The van der Waals surface area contributed by atoms with Crippen LogP contribution in [0.1, 0.15) is 121 Å². The maximum Gasteiger partial charge on any atom is 0.159 e. The van der Waals surface area contributed by atoms with E-state index in [9.17, 15) is 0 Å². The highest BCUT2D eigenvalue weighted by atomic mass is 16.3. The fraction of sp³-hybridized carbons (Fsp3) is 0.231. The largest absolute Gasteiger partial charge is 0.454 e. The lowest BCUT2D eigenvalue weighted by Crippen LogP contribution is -2.14. The molecule has 0 saturated heterocycles. The van der Waals surface area contributed by atoms with E-state index >= 15 is 0 Å². The summed E-state index contributed by atoms with van der Waals surface area (Å²) in [6.07, 6.45) is 12.5. The Hall–Kier alpha value is -8.60. The number of furan rings is 2. The predicted octanol–water partition coefficient (Wildman–Crippen LogP) is 23.6. The van der Waals surface area contributed by atoms with Crippen LogP contribution in [0.4, 0.5) is 34.1 Å². The number of hydrogen-bond acceptors (Lipinski definition) is 4. The van der Waals surface area contributed by atoms with Gasteiger partial charge in [0.15, 0.2) is 11.2 Å². The van der Waals surface area contributed by atoms with Crippen LogP contribution in [0.15, 0.2) is 179 Å². The first-order valence-corrected chi connectivity index (χ1v) is 30.4. The van der Waals surface area contributed by atoms with Gasteiger partial charge in [-0.1, -0.05) is 183 Å². The van der Waals surface area contributed by atoms with Crippen molar-refractivity contribution in [2.45, 2.75) is 118 Å². The summed E-state index contributed by atoms with van der Waals surface area (Å²) in [5.41, 5.74) is 20.8. The van der Waals surface area contributed by atoms with E-state index in [4.69, 9.17) is 8.83 Å². The van der Waals surface area contributed by atoms with Crippen LogP contribution in [0, 0.1) is 41.5 Å². The third-order valence-electron chi connectivity index (χ3n) is 19.4. The fourth-order valence-electron chi connectivity index (χ4n) is 16.1. The van der Waals surface area contributed by atoms with Gasteiger partial charge >= 0.3 is 0 Å². The summed E-state index contributed by atoms with van der Waals surface area (Å²) in [5, 5.41) is 17.2. The minimum atomic E-state index is 0.478. The van der Waals surface area contributed by atoms with Crippen LogP contribution in [0.25, 0.3) is 97.7 Å². The quantitative estimate of drug-likeness (QED) is 0.142. The molecule has 0 N–H and O–H groups in total. The van der Waals surface area contributed by atoms with E-state index in [-0.39, 0.29) is 0 Å². The van der Waals surface area contributed by atoms with Crippen molar-refractivity contribution in [2.24, 2.45) is 0 Å². The average Bonchev–Trinajstić information content (AvgIpc) is 3.96. The lowest BCUT2D eigenvalue weighted by molar-refractivity contribution is 0.442. The molecule has 0 unspecified atom stereocenters. The predicted molar refractivity (Wildman–Crippen MR) is 349 cm³/mol. The summed E-state index contributed by atoms with van der Waals surface area (Å²) >= 11 is 0. The highest BCUT2D eigenvalue weighted by molar-refractivity contribution is 6.30. The second-order valence-corrected chi connectivity index (χ2v) is 24.7. The number of benzene rings is 12. The third-order valence-corrected chi connectivity index (χ3v) is 19.4. The SMILES string of the molecule is Cc1cc(C)c(N(c2ccc3ccc4c(N(c5c(C)cc(C)cc5C)c5cccc6c5oc5c(C7CCCCC7)cc7ccccc7c56)ccc5ccc2c3c54)c2cccc3c2oc2c(C4CCCCC4)cc4ccccc4c23)c(C)c1. The number of anilines is 6. The summed E-state index contributed by atoms with van der Waals surface area (Å²) in [7, 11) is 0. The Morgan fingerprint density at radius 2 is 0.683 bits per heavy atom. The molecule has 16 rings (SSSR count). The second-order valence-electron chi connectivity index (χ2n) is 24.7. The number of aryl methyl sites for hydroxylation is 6. The minimum Gasteiger partial charge on any atom is -0.454 e. The second kappa shape index (κ2) is 19.0. The molecule has 2 aliphatic rings. The van der Waals surface area contributed by atoms with Crippen molar-refractivity contribution in [1.29, 1.82) is 0 Å². The Labute approximate surface area is 479 Å². The first kappa shape index (κ1) is 49.2. The monoisotopic (exact) mass is 1060 g/mol. The fourth-order valence-corrected chi connectivity index (χ4v) is 16.1. The van der Waals surface area contributed by atoms with Crippen LogP contribution in [-0.2, 0) is 0 Å². The molecule has 0 atom stereocenters. The molecule has 2 heterocycles. The van der Waals surface area contributed by atoms with Gasteiger partial charge in [0.05, 0.1) is 34.1 Å². The summed E-state index contributed by atoms with van der Waals surface area (Å²) in [4.78, 5) is 5.09. The summed E-state index contributed by atoms with van der Waals surface area (Å²) in [6, 6.07) is 64.8. The lowest BCUT2D eigenvalue weighted by Gasteiger charge is -2.32. The van der Waals surface area contributed by atoms with Crippen molar-refractivity contribution >= 4 is 132 Å². The zero-order valence-corrected chi connectivity index (χ0v) is 48.1. The zero-order chi connectivity index (χ0) is 55.1. The Bertz CT molecular complexity index is 4570. The normalized spacial score (nSPS) is 14.9. The van der Waals surface area contributed by atoms with Crippen molar-refractivity contribution < 1.29 is 8.83 Å². The van der Waals surface area contributed by atoms with Gasteiger partial charge in [-0.05, 0) is 192 Å². The summed E-state index contributed by atoms with van der Waals surface area (Å²) in [6.45, 7) is 13.6. The molecule has 4 heteroatoms. The molecule has 0 spiro atoms. The Kier molecular flexibility index (Phi) is 11.4. The van der Waals surface area contributed by atoms with Crippen molar-refractivity contribution in [3.63, 3.8) is 0 Å². The van der Waals surface area contributed by atoms with Gasteiger partial charge in [-0.25, -0.2) is 0 Å². The molecule has 14 aromatic rings. The molecule has 0 aliphatic heterocycles. The Morgan fingerprint density at radius 3 is 1.10 bits per heavy atom. The number of para-hydroxylation sites is 2. The van der Waals surface area contributed by atoms with Gasteiger partial charge in [0.25, 0.3) is 0 Å². The van der Waals surface area contributed by atoms with Crippen LogP contribution < -0.4 is 9.80 Å². The zero-order valence-electron chi connectivity index (χ0n) is 48.1. The van der Waals surface area contributed by atoms with Crippen LogP contribution >= 0.6 is 0 Å². The van der Waals surface area contributed by atoms with Crippen LogP contribution in [-0.4, -0.2) is 0 Å². The number of hydrogen-bond donors (Lipinski definition) is 0. The third kappa shape index (κ3) is 7.49. The molecule has 2 aliphatic carbocycles. The van der Waals surface area contributed by atoms with E-state index in [2.05, 4.69) is 221 Å². The highest BCUT2D eigenvalue weighted by Crippen LogP contribution is 2.54. The van der Waals surface area contributed by atoms with Crippen molar-refractivity contribution in [3.8, 4) is 0 Å². The van der Waals surface area contributed by atoms with Crippen molar-refractivity contribution in [1.82, 2.24) is 0 Å². The van der Waals surface area contributed by atoms with Gasteiger partial charge in [0, 0.05) is 32.3 Å². The van der Waals surface area contributed by atoms with E-state index in [1.165, 1.54) is 185 Å². The van der Waals surface area contributed by atoms with E-state index in [0.717, 1.165) is 55.9 Å². The molecule has 4 nitrogen and oxygen atoms in total. The summed E-state index contributed by atoms with van der Waals surface area (Å²) in [5.74, 6) is 0.955. The molecule has 0 amide bonds. The molecule has 2 aromatic heterocycles. The van der Waals surface area contributed by atoms with Gasteiger partial charge in [0.2, 0.25) is 0 Å². The van der Waals surface area contributed by atoms with E-state index in [1.807, 2.05) is 0 Å². The van der Waals surface area contributed by atoms with Crippen LogP contribution in [0.5, 0.6) is 0 Å². The standard InChI is InChI=1S/C78H68N2O2/c1-45-39-47(3)73(48(4)40-45)79(67-29-17-27-61-71-57-25-15-13-23-55(57)43-63(77(71)81-75(61)67)51-19-9-7-10-20-51)65-37-33-53-32-36-60-66(38-34-54-31-35-59(65)69(53)70(54)60)80(74-49(5)41-46(2)42-50(74)6)68-30-18-28-62-72-58-26-16-14-24-56(58)44-64(78(72)82-76(62)68)52-21-11-8-12-22-52/h13-18,23-44,51-52H,7-12,19-22H2,1-6H3. The van der Waals surface area contributed by atoms with Crippen molar-refractivity contribution in [2.75, 3.05) is 9.80 Å². The van der Waals surface area contributed by atoms with Gasteiger partial charge < -0.3 is 18.6 Å².